The maximum absolute atomic E-state index is 6.01. The van der Waals surface area contributed by atoms with Crippen molar-refractivity contribution in [2.24, 2.45) is 11.8 Å². The second-order valence-corrected chi connectivity index (χ2v) is 32.5. The SMILES string of the molecule is [CH2]=[Zr]([C]1=CC=CC1)([c]1c(C(C)(C)C)ccc2c1Cc1cc(C(C)(C)C)ccc1-2)([CH](C)C1CCCC1)[CH](C)C1CCCC1. The third-order valence-electron chi connectivity index (χ3n) is 13.2. The average Bonchev–Trinajstić information content (AvgIpc) is 3.76. The Balaban J connectivity index is 1.71. The molecule has 2 unspecified atom stereocenters. The molecule has 0 amide bonds. The van der Waals surface area contributed by atoms with Gasteiger partial charge >= 0.3 is 261 Å². The van der Waals surface area contributed by atoms with Crippen molar-refractivity contribution in [3.63, 3.8) is 0 Å². The Labute approximate surface area is 259 Å². The molecule has 226 valence electrons. The van der Waals surface area contributed by atoms with Gasteiger partial charge < -0.3 is 0 Å². The van der Waals surface area contributed by atoms with E-state index < -0.39 is 18.3 Å². The van der Waals surface area contributed by atoms with Gasteiger partial charge in [0.2, 0.25) is 0 Å². The zero-order valence-corrected chi connectivity index (χ0v) is 30.7. The van der Waals surface area contributed by atoms with Crippen molar-refractivity contribution in [1.29, 1.82) is 0 Å². The van der Waals surface area contributed by atoms with Crippen molar-refractivity contribution in [3.05, 3.63) is 74.1 Å². The van der Waals surface area contributed by atoms with Crippen molar-refractivity contribution < 1.29 is 18.3 Å². The van der Waals surface area contributed by atoms with Gasteiger partial charge in [-0.2, -0.15) is 0 Å². The second-order valence-electron chi connectivity index (χ2n) is 17.2. The number of hydrogen-bond acceptors (Lipinski definition) is 0. The fourth-order valence-electron chi connectivity index (χ4n) is 10.5. The molecule has 2 aromatic carbocycles. The van der Waals surface area contributed by atoms with Crippen molar-refractivity contribution in [1.82, 2.24) is 0 Å². The summed E-state index contributed by atoms with van der Waals surface area (Å²) in [6.45, 7) is 20.0. The van der Waals surface area contributed by atoms with Crippen LogP contribution in [0.5, 0.6) is 0 Å². The van der Waals surface area contributed by atoms with E-state index in [2.05, 4.69) is 104 Å². The Morgan fingerprint density at radius 1 is 0.762 bits per heavy atom. The van der Waals surface area contributed by atoms with E-state index in [0.717, 1.165) is 24.7 Å². The normalized spacial score (nSPS) is 21.5. The number of allylic oxidation sites excluding steroid dienone is 4. The molecule has 0 nitrogen and oxygen atoms in total. The predicted octanol–water partition coefficient (Wildman–Crippen LogP) is 11.4. The monoisotopic (exact) mass is 640 g/mol. The molecule has 0 radical (unpaired) electrons. The van der Waals surface area contributed by atoms with Crippen LogP contribution in [0.3, 0.4) is 0 Å². The van der Waals surface area contributed by atoms with E-state index in [0.29, 0.717) is 7.25 Å². The molecule has 0 N–H and O–H groups in total. The topological polar surface area (TPSA) is 0 Å². The second kappa shape index (κ2) is 10.6. The fraction of sp³-hybridized carbons (Fsp3) is 0.585. The molecule has 0 aromatic heterocycles. The zero-order valence-electron chi connectivity index (χ0n) is 28.2. The summed E-state index contributed by atoms with van der Waals surface area (Å²) in [5.41, 5.74) is 9.60. The van der Waals surface area contributed by atoms with E-state index >= 15 is 0 Å². The Morgan fingerprint density at radius 3 is 1.83 bits per heavy atom. The molecule has 2 atom stereocenters. The summed E-state index contributed by atoms with van der Waals surface area (Å²) in [7, 11) is 0. The minimum atomic E-state index is -4.33. The molecule has 4 aliphatic carbocycles. The Morgan fingerprint density at radius 2 is 1.33 bits per heavy atom. The molecule has 42 heavy (non-hydrogen) atoms. The molecule has 0 aliphatic heterocycles. The Bertz CT molecular complexity index is 1460. The van der Waals surface area contributed by atoms with Crippen LogP contribution in [-0.4, -0.2) is 4.21 Å². The Hall–Kier alpha value is -1.33. The first kappa shape index (κ1) is 30.7. The summed E-state index contributed by atoms with van der Waals surface area (Å²) in [4.78, 5) is 0. The molecule has 0 bridgehead atoms. The van der Waals surface area contributed by atoms with E-state index in [1.165, 1.54) is 68.1 Å². The van der Waals surface area contributed by atoms with Crippen LogP contribution in [0.2, 0.25) is 7.25 Å². The third-order valence-corrected chi connectivity index (χ3v) is 34.7. The van der Waals surface area contributed by atoms with E-state index in [1.807, 2.05) is 3.27 Å². The molecule has 0 saturated heterocycles. The van der Waals surface area contributed by atoms with Gasteiger partial charge in [0.05, 0.1) is 0 Å². The maximum atomic E-state index is 6.01. The molecule has 4 aliphatic rings. The summed E-state index contributed by atoms with van der Waals surface area (Å²) < 4.78 is 11.0. The van der Waals surface area contributed by atoms with Crippen molar-refractivity contribution in [2.75, 3.05) is 0 Å². The number of rotatable bonds is 6. The van der Waals surface area contributed by atoms with Gasteiger partial charge in [0.15, 0.2) is 0 Å². The summed E-state index contributed by atoms with van der Waals surface area (Å²) in [5, 5.41) is 0. The first-order valence-electron chi connectivity index (χ1n) is 17.5. The van der Waals surface area contributed by atoms with Gasteiger partial charge in [0.1, 0.15) is 0 Å². The molecule has 0 heterocycles. The van der Waals surface area contributed by atoms with Gasteiger partial charge in [0, 0.05) is 0 Å². The van der Waals surface area contributed by atoms with Gasteiger partial charge in [0.25, 0.3) is 0 Å². The molecular formula is C41H58Zr. The first-order valence-corrected chi connectivity index (χ1v) is 24.5. The van der Waals surface area contributed by atoms with Gasteiger partial charge in [-0.3, -0.25) is 0 Å². The molecule has 1 heteroatoms. The van der Waals surface area contributed by atoms with Gasteiger partial charge in [-0.15, -0.1) is 0 Å². The van der Waals surface area contributed by atoms with Crippen molar-refractivity contribution >= 4 is 7.48 Å². The molecular weight excluding hydrogens is 584 g/mol. The van der Waals surface area contributed by atoms with Crippen LogP contribution in [0.1, 0.15) is 135 Å². The summed E-state index contributed by atoms with van der Waals surface area (Å²) >= 11 is -4.33. The van der Waals surface area contributed by atoms with Gasteiger partial charge in [-0.25, -0.2) is 0 Å². The number of benzene rings is 2. The van der Waals surface area contributed by atoms with E-state index in [4.69, 9.17) is 4.21 Å². The van der Waals surface area contributed by atoms with Crippen LogP contribution in [0.4, 0.5) is 0 Å². The number of hydrogen-bond donors (Lipinski definition) is 0. The summed E-state index contributed by atoms with van der Waals surface area (Å²) in [5.74, 6) is 1.64. The molecule has 2 aromatic rings. The van der Waals surface area contributed by atoms with E-state index in [9.17, 15) is 0 Å². The van der Waals surface area contributed by atoms with E-state index in [-0.39, 0.29) is 10.8 Å². The van der Waals surface area contributed by atoms with Crippen LogP contribution in [0.25, 0.3) is 11.1 Å². The average molecular weight is 642 g/mol. The molecule has 2 saturated carbocycles. The van der Waals surface area contributed by atoms with Crippen molar-refractivity contribution in [3.8, 4) is 11.1 Å². The van der Waals surface area contributed by atoms with Gasteiger partial charge in [-0.1, -0.05) is 0 Å². The number of fused-ring (bicyclic) bond motifs is 3. The van der Waals surface area contributed by atoms with Crippen LogP contribution < -0.4 is 3.27 Å². The van der Waals surface area contributed by atoms with Crippen LogP contribution in [0, 0.1) is 11.8 Å². The first-order chi connectivity index (χ1) is 19.8. The Kier molecular flexibility index (Phi) is 7.78. The molecule has 2 fully saturated rings. The third kappa shape index (κ3) is 4.56. The van der Waals surface area contributed by atoms with Crippen LogP contribution in [-0.2, 0) is 35.5 Å². The molecule has 0 spiro atoms. The zero-order chi connectivity index (χ0) is 30.1. The van der Waals surface area contributed by atoms with Crippen LogP contribution >= 0.6 is 0 Å². The standard InChI is InChI=1S/C21H25.2C7H13.C5H5.CH2.Zr/c1-20(2,3)16-7-9-18-14(12-16)11-15-13-17(21(4,5)6)8-10-19(15)18;2*1-2-7-5-3-4-6-7;1-2-4-5-3-1;;/h7-10,12H,11H2,1-6H3;2*2,7H,3-6H2,1H3;1-3H,4H2;1H2;. The van der Waals surface area contributed by atoms with Crippen LogP contribution in [0.15, 0.2) is 51.8 Å². The molecule has 6 rings (SSSR count). The summed E-state index contributed by atoms with van der Waals surface area (Å²) in [6.07, 6.45) is 21.0. The van der Waals surface area contributed by atoms with E-state index in [1.54, 1.807) is 20.0 Å². The minimum absolute atomic E-state index is 0.0832. The fourth-order valence-corrected chi connectivity index (χ4v) is 33.1. The predicted molar refractivity (Wildman–Crippen MR) is 183 cm³/mol. The van der Waals surface area contributed by atoms with Crippen molar-refractivity contribution in [2.45, 2.75) is 138 Å². The summed E-state index contributed by atoms with van der Waals surface area (Å²) in [6, 6.07) is 12.5. The quantitative estimate of drug-likeness (QED) is 0.251. The van der Waals surface area contributed by atoms with Gasteiger partial charge in [-0.05, 0) is 0 Å².